The quantitative estimate of drug-likeness (QED) is 0.765. The third kappa shape index (κ3) is 4.74. The molecular formula is C16H23NO. The maximum atomic E-state index is 11.7. The molecule has 1 amide bonds. The zero-order valence-corrected chi connectivity index (χ0v) is 11.6. The summed E-state index contributed by atoms with van der Waals surface area (Å²) < 4.78 is 0. The zero-order valence-electron chi connectivity index (χ0n) is 11.6. The van der Waals surface area contributed by atoms with Crippen LogP contribution in [0.4, 0.5) is 0 Å². The first-order valence-corrected chi connectivity index (χ1v) is 6.41. The Morgan fingerprint density at radius 2 is 2.06 bits per heavy atom. The van der Waals surface area contributed by atoms with E-state index in [2.05, 4.69) is 44.8 Å². The highest BCUT2D eigenvalue weighted by atomic mass is 16.1. The molecule has 0 radical (unpaired) electrons. The molecule has 0 saturated carbocycles. The van der Waals surface area contributed by atoms with Gasteiger partial charge in [-0.2, -0.15) is 0 Å². The molecule has 0 aliphatic heterocycles. The second kappa shape index (κ2) is 6.39. The van der Waals surface area contributed by atoms with Crippen LogP contribution < -0.4 is 5.32 Å². The van der Waals surface area contributed by atoms with E-state index in [9.17, 15) is 4.79 Å². The lowest BCUT2D eigenvalue weighted by Gasteiger charge is -2.27. The Hall–Kier alpha value is -1.57. The minimum atomic E-state index is -0.218. The first-order chi connectivity index (χ1) is 8.44. The maximum absolute atomic E-state index is 11.7. The number of nitrogens with one attached hydrogen (secondary N) is 1. The molecule has 0 aliphatic rings. The molecule has 0 unspecified atom stereocenters. The molecule has 0 atom stereocenters. The molecule has 0 aliphatic carbocycles. The predicted octanol–water partition coefficient (Wildman–Crippen LogP) is 3.40. The SMILES string of the molecule is C=CCCC(=O)NC(C)(C)Cc1ccccc1C. The number of hydrogen-bond acceptors (Lipinski definition) is 1. The minimum absolute atomic E-state index is 0.0912. The molecule has 1 aromatic carbocycles. The van der Waals surface area contributed by atoms with Crippen molar-refractivity contribution in [3.05, 3.63) is 48.0 Å². The van der Waals surface area contributed by atoms with Crippen molar-refractivity contribution in [2.75, 3.05) is 0 Å². The van der Waals surface area contributed by atoms with Gasteiger partial charge in [-0.3, -0.25) is 4.79 Å². The van der Waals surface area contributed by atoms with Crippen LogP contribution in [0.5, 0.6) is 0 Å². The van der Waals surface area contributed by atoms with E-state index in [1.54, 1.807) is 6.08 Å². The molecule has 1 rings (SSSR count). The summed E-state index contributed by atoms with van der Waals surface area (Å²) in [5.74, 6) is 0.0912. The van der Waals surface area contributed by atoms with Crippen molar-refractivity contribution in [3.8, 4) is 0 Å². The predicted molar refractivity (Wildman–Crippen MR) is 76.5 cm³/mol. The molecule has 0 fully saturated rings. The Balaban J connectivity index is 2.61. The number of rotatable bonds is 6. The van der Waals surface area contributed by atoms with E-state index in [4.69, 9.17) is 0 Å². The summed E-state index contributed by atoms with van der Waals surface area (Å²) in [6.45, 7) is 9.85. The van der Waals surface area contributed by atoms with Gasteiger partial charge in [0.25, 0.3) is 0 Å². The van der Waals surface area contributed by atoms with Gasteiger partial charge in [0.15, 0.2) is 0 Å². The van der Waals surface area contributed by atoms with Gasteiger partial charge >= 0.3 is 0 Å². The molecule has 0 spiro atoms. The third-order valence-corrected chi connectivity index (χ3v) is 2.95. The lowest BCUT2D eigenvalue weighted by atomic mass is 9.92. The average Bonchev–Trinajstić information content (AvgIpc) is 2.28. The first-order valence-electron chi connectivity index (χ1n) is 6.41. The Morgan fingerprint density at radius 3 is 2.67 bits per heavy atom. The third-order valence-electron chi connectivity index (χ3n) is 2.95. The number of carbonyl (C=O) groups excluding carboxylic acids is 1. The maximum Gasteiger partial charge on any atom is 0.220 e. The van der Waals surface area contributed by atoms with E-state index >= 15 is 0 Å². The van der Waals surface area contributed by atoms with Crippen molar-refractivity contribution in [1.82, 2.24) is 5.32 Å². The fraction of sp³-hybridized carbons (Fsp3) is 0.438. The van der Waals surface area contributed by atoms with Crippen molar-refractivity contribution >= 4 is 5.91 Å². The van der Waals surface area contributed by atoms with Crippen molar-refractivity contribution in [1.29, 1.82) is 0 Å². The number of allylic oxidation sites excluding steroid dienone is 1. The van der Waals surface area contributed by atoms with Crippen molar-refractivity contribution in [3.63, 3.8) is 0 Å². The fourth-order valence-electron chi connectivity index (χ4n) is 2.00. The minimum Gasteiger partial charge on any atom is -0.351 e. The molecule has 18 heavy (non-hydrogen) atoms. The molecular weight excluding hydrogens is 222 g/mol. The molecule has 1 N–H and O–H groups in total. The summed E-state index contributed by atoms with van der Waals surface area (Å²) in [4.78, 5) is 11.7. The standard InChI is InChI=1S/C16H23NO/c1-5-6-11-15(18)17-16(3,4)12-14-10-8-7-9-13(14)2/h5,7-10H,1,6,11-12H2,2-4H3,(H,17,18). The van der Waals surface area contributed by atoms with Crippen LogP contribution in [0, 0.1) is 6.92 Å². The molecule has 0 heterocycles. The summed E-state index contributed by atoms with van der Waals surface area (Å²) in [6.07, 6.45) is 3.86. The summed E-state index contributed by atoms with van der Waals surface area (Å²) in [5, 5.41) is 3.08. The van der Waals surface area contributed by atoms with E-state index in [-0.39, 0.29) is 11.4 Å². The van der Waals surface area contributed by atoms with E-state index in [1.165, 1.54) is 11.1 Å². The second-order valence-corrected chi connectivity index (χ2v) is 5.36. The number of benzene rings is 1. The first kappa shape index (κ1) is 14.5. The van der Waals surface area contributed by atoms with Crippen LogP contribution in [0.2, 0.25) is 0 Å². The molecule has 0 bridgehead atoms. The summed E-state index contributed by atoms with van der Waals surface area (Å²) in [5.41, 5.74) is 2.34. The van der Waals surface area contributed by atoms with Crippen LogP contribution in [-0.2, 0) is 11.2 Å². The smallest absolute Gasteiger partial charge is 0.220 e. The van der Waals surface area contributed by atoms with Gasteiger partial charge in [0.1, 0.15) is 0 Å². The molecule has 0 aromatic heterocycles. The van der Waals surface area contributed by atoms with E-state index in [0.29, 0.717) is 6.42 Å². The molecule has 2 heteroatoms. The summed E-state index contributed by atoms with van der Waals surface area (Å²) >= 11 is 0. The number of carbonyl (C=O) groups is 1. The summed E-state index contributed by atoms with van der Waals surface area (Å²) in [7, 11) is 0. The zero-order chi connectivity index (χ0) is 13.6. The lowest BCUT2D eigenvalue weighted by Crippen LogP contribution is -2.45. The summed E-state index contributed by atoms with van der Waals surface area (Å²) in [6, 6.07) is 8.30. The van der Waals surface area contributed by atoms with Crippen LogP contribution in [0.3, 0.4) is 0 Å². The Kier molecular flexibility index (Phi) is 5.14. The van der Waals surface area contributed by atoms with Gasteiger partial charge in [0.2, 0.25) is 5.91 Å². The topological polar surface area (TPSA) is 29.1 Å². The van der Waals surface area contributed by atoms with Gasteiger partial charge in [-0.25, -0.2) is 0 Å². The van der Waals surface area contributed by atoms with E-state index in [0.717, 1.165) is 12.8 Å². The van der Waals surface area contributed by atoms with Crippen LogP contribution >= 0.6 is 0 Å². The highest BCUT2D eigenvalue weighted by molar-refractivity contribution is 5.76. The molecule has 2 nitrogen and oxygen atoms in total. The Bertz CT molecular complexity index is 421. The van der Waals surface area contributed by atoms with Gasteiger partial charge in [-0.15, -0.1) is 6.58 Å². The number of hydrogen-bond donors (Lipinski definition) is 1. The van der Waals surface area contributed by atoms with Crippen molar-refractivity contribution < 1.29 is 4.79 Å². The van der Waals surface area contributed by atoms with Crippen molar-refractivity contribution in [2.24, 2.45) is 0 Å². The number of aryl methyl sites for hydroxylation is 1. The highest BCUT2D eigenvalue weighted by Gasteiger charge is 2.21. The second-order valence-electron chi connectivity index (χ2n) is 5.36. The van der Waals surface area contributed by atoms with E-state index < -0.39 is 0 Å². The number of amides is 1. The van der Waals surface area contributed by atoms with Gasteiger partial charge in [0, 0.05) is 12.0 Å². The van der Waals surface area contributed by atoms with Gasteiger partial charge in [-0.05, 0) is 44.7 Å². The van der Waals surface area contributed by atoms with Gasteiger partial charge in [0.05, 0.1) is 0 Å². The molecule has 0 saturated heterocycles. The van der Waals surface area contributed by atoms with Crippen LogP contribution in [0.25, 0.3) is 0 Å². The molecule has 1 aromatic rings. The monoisotopic (exact) mass is 245 g/mol. The molecule has 98 valence electrons. The van der Waals surface area contributed by atoms with Crippen LogP contribution in [-0.4, -0.2) is 11.4 Å². The normalized spacial score (nSPS) is 11.1. The van der Waals surface area contributed by atoms with Crippen LogP contribution in [0.1, 0.15) is 37.8 Å². The Labute approximate surface area is 110 Å². The fourth-order valence-corrected chi connectivity index (χ4v) is 2.00. The van der Waals surface area contributed by atoms with E-state index in [1.807, 2.05) is 12.1 Å². The van der Waals surface area contributed by atoms with Crippen LogP contribution in [0.15, 0.2) is 36.9 Å². The van der Waals surface area contributed by atoms with Gasteiger partial charge < -0.3 is 5.32 Å². The van der Waals surface area contributed by atoms with Gasteiger partial charge in [-0.1, -0.05) is 30.3 Å². The largest absolute Gasteiger partial charge is 0.351 e. The Morgan fingerprint density at radius 1 is 1.39 bits per heavy atom. The lowest BCUT2D eigenvalue weighted by molar-refractivity contribution is -0.122. The highest BCUT2D eigenvalue weighted by Crippen LogP contribution is 2.16. The van der Waals surface area contributed by atoms with Crippen molar-refractivity contribution in [2.45, 2.75) is 45.6 Å². The average molecular weight is 245 g/mol.